The van der Waals surface area contributed by atoms with Crippen molar-refractivity contribution in [3.63, 3.8) is 0 Å². The molecular weight excluding hydrogens is 188 g/mol. The Labute approximate surface area is 81.5 Å². The number of hydrogen-bond acceptors (Lipinski definition) is 4. The minimum absolute atomic E-state index is 0.0319. The standard InChI is InChI=1S/C8H14N2O4/c1-8(2)6(13)9-7(14)10(8)4-3-5(11)12/h5,11-12H,3-4H2,1-2H3,(H,9,13,14). The Bertz CT molecular complexity index is 262. The second-order valence-electron chi connectivity index (χ2n) is 3.74. The van der Waals surface area contributed by atoms with Crippen LogP contribution in [0, 0.1) is 0 Å². The van der Waals surface area contributed by atoms with E-state index in [2.05, 4.69) is 5.32 Å². The van der Waals surface area contributed by atoms with E-state index in [1.165, 1.54) is 4.90 Å². The van der Waals surface area contributed by atoms with E-state index in [-0.39, 0.29) is 18.9 Å². The van der Waals surface area contributed by atoms with Crippen LogP contribution in [0.2, 0.25) is 0 Å². The van der Waals surface area contributed by atoms with Crippen LogP contribution >= 0.6 is 0 Å². The molecule has 1 aliphatic rings. The summed E-state index contributed by atoms with van der Waals surface area (Å²) in [5.74, 6) is -0.366. The van der Waals surface area contributed by atoms with Gasteiger partial charge in [0.1, 0.15) is 5.54 Å². The third-order valence-corrected chi connectivity index (χ3v) is 2.31. The van der Waals surface area contributed by atoms with Crippen LogP contribution in [0.3, 0.4) is 0 Å². The topological polar surface area (TPSA) is 89.9 Å². The summed E-state index contributed by atoms with van der Waals surface area (Å²) < 4.78 is 0. The van der Waals surface area contributed by atoms with Crippen molar-refractivity contribution in [1.82, 2.24) is 10.2 Å². The molecule has 0 spiro atoms. The largest absolute Gasteiger partial charge is 0.368 e. The highest BCUT2D eigenvalue weighted by molar-refractivity contribution is 6.06. The van der Waals surface area contributed by atoms with Crippen molar-refractivity contribution in [2.24, 2.45) is 0 Å². The van der Waals surface area contributed by atoms with Crippen LogP contribution in [0.15, 0.2) is 0 Å². The Morgan fingerprint density at radius 3 is 2.36 bits per heavy atom. The second kappa shape index (κ2) is 3.55. The molecule has 0 aromatic rings. The third-order valence-electron chi connectivity index (χ3n) is 2.31. The van der Waals surface area contributed by atoms with Crippen LogP contribution in [0.5, 0.6) is 0 Å². The van der Waals surface area contributed by atoms with Gasteiger partial charge in [-0.3, -0.25) is 10.1 Å². The SMILES string of the molecule is CC1(C)C(=O)NC(=O)N1CCC(O)O. The number of amides is 3. The minimum atomic E-state index is -1.46. The van der Waals surface area contributed by atoms with Crippen molar-refractivity contribution in [3.8, 4) is 0 Å². The van der Waals surface area contributed by atoms with Gasteiger partial charge in [-0.1, -0.05) is 0 Å². The van der Waals surface area contributed by atoms with Gasteiger partial charge in [0.05, 0.1) is 0 Å². The normalized spacial score (nSPS) is 20.5. The molecule has 6 heteroatoms. The Balaban J connectivity index is 2.67. The summed E-state index contributed by atoms with van der Waals surface area (Å²) in [6, 6.07) is -0.486. The van der Waals surface area contributed by atoms with Gasteiger partial charge in [0, 0.05) is 13.0 Å². The Morgan fingerprint density at radius 2 is 2.00 bits per heavy atom. The van der Waals surface area contributed by atoms with Crippen molar-refractivity contribution in [1.29, 1.82) is 0 Å². The number of urea groups is 1. The van der Waals surface area contributed by atoms with E-state index in [0.29, 0.717) is 0 Å². The molecular formula is C8H14N2O4. The third kappa shape index (κ3) is 1.85. The van der Waals surface area contributed by atoms with E-state index in [0.717, 1.165) is 0 Å². The lowest BCUT2D eigenvalue weighted by Gasteiger charge is -2.27. The lowest BCUT2D eigenvalue weighted by Crippen LogP contribution is -2.45. The van der Waals surface area contributed by atoms with Gasteiger partial charge in [-0.05, 0) is 13.8 Å². The highest BCUT2D eigenvalue weighted by Gasteiger charge is 2.45. The molecule has 1 saturated heterocycles. The van der Waals surface area contributed by atoms with Crippen molar-refractivity contribution >= 4 is 11.9 Å². The number of carbonyl (C=O) groups is 2. The summed E-state index contributed by atoms with van der Waals surface area (Å²) in [5.41, 5.74) is -0.911. The number of hydrogen-bond donors (Lipinski definition) is 3. The molecule has 80 valence electrons. The molecule has 3 N–H and O–H groups in total. The average molecular weight is 202 g/mol. The fraction of sp³-hybridized carbons (Fsp3) is 0.750. The number of nitrogens with one attached hydrogen (secondary N) is 1. The summed E-state index contributed by atoms with van der Waals surface area (Å²) in [7, 11) is 0. The van der Waals surface area contributed by atoms with E-state index in [1.54, 1.807) is 13.8 Å². The van der Waals surface area contributed by atoms with Gasteiger partial charge in [0.15, 0.2) is 6.29 Å². The lowest BCUT2D eigenvalue weighted by atomic mass is 10.0. The zero-order chi connectivity index (χ0) is 10.9. The Morgan fingerprint density at radius 1 is 1.43 bits per heavy atom. The maximum atomic E-state index is 11.3. The molecule has 1 fully saturated rings. The summed E-state index contributed by atoms with van der Waals surface area (Å²) in [4.78, 5) is 23.8. The summed E-state index contributed by atoms with van der Waals surface area (Å²) >= 11 is 0. The summed E-state index contributed by atoms with van der Waals surface area (Å²) in [5, 5.41) is 19.5. The highest BCUT2D eigenvalue weighted by Crippen LogP contribution is 2.20. The molecule has 0 unspecified atom stereocenters. The van der Waals surface area contributed by atoms with E-state index in [9.17, 15) is 9.59 Å². The number of nitrogens with zero attached hydrogens (tertiary/aromatic N) is 1. The van der Waals surface area contributed by atoms with Gasteiger partial charge >= 0.3 is 6.03 Å². The smallest absolute Gasteiger partial charge is 0.324 e. The number of aliphatic hydroxyl groups is 2. The predicted molar refractivity (Wildman–Crippen MR) is 47.2 cm³/mol. The molecule has 0 atom stereocenters. The fourth-order valence-electron chi connectivity index (χ4n) is 1.32. The maximum Gasteiger partial charge on any atom is 0.324 e. The number of rotatable bonds is 3. The predicted octanol–water partition coefficient (Wildman–Crippen LogP) is -0.982. The lowest BCUT2D eigenvalue weighted by molar-refractivity contribution is -0.125. The van der Waals surface area contributed by atoms with E-state index < -0.39 is 17.9 Å². The van der Waals surface area contributed by atoms with Gasteiger partial charge in [0.25, 0.3) is 5.91 Å². The quantitative estimate of drug-likeness (QED) is 0.405. The first kappa shape index (κ1) is 10.9. The number of aliphatic hydroxyl groups excluding tert-OH is 1. The zero-order valence-corrected chi connectivity index (χ0v) is 8.15. The van der Waals surface area contributed by atoms with Gasteiger partial charge in [-0.2, -0.15) is 0 Å². The van der Waals surface area contributed by atoms with Crippen LogP contribution < -0.4 is 5.32 Å². The second-order valence-corrected chi connectivity index (χ2v) is 3.74. The highest BCUT2D eigenvalue weighted by atomic mass is 16.5. The van der Waals surface area contributed by atoms with Crippen LogP contribution in [0.4, 0.5) is 4.79 Å². The molecule has 0 saturated carbocycles. The molecule has 14 heavy (non-hydrogen) atoms. The van der Waals surface area contributed by atoms with Gasteiger partial charge in [-0.15, -0.1) is 0 Å². The van der Waals surface area contributed by atoms with Crippen LogP contribution in [0.25, 0.3) is 0 Å². The molecule has 0 aliphatic carbocycles. The number of imide groups is 1. The molecule has 0 bridgehead atoms. The first-order valence-corrected chi connectivity index (χ1v) is 4.35. The average Bonchev–Trinajstić information content (AvgIpc) is 2.20. The van der Waals surface area contributed by atoms with Crippen LogP contribution in [-0.4, -0.2) is 45.4 Å². The first-order chi connectivity index (χ1) is 6.35. The van der Waals surface area contributed by atoms with Crippen molar-refractivity contribution in [3.05, 3.63) is 0 Å². The van der Waals surface area contributed by atoms with Crippen molar-refractivity contribution in [2.45, 2.75) is 32.1 Å². The van der Waals surface area contributed by atoms with Gasteiger partial charge in [-0.25, -0.2) is 4.79 Å². The van der Waals surface area contributed by atoms with Crippen molar-refractivity contribution in [2.75, 3.05) is 6.54 Å². The fourth-order valence-corrected chi connectivity index (χ4v) is 1.32. The van der Waals surface area contributed by atoms with Crippen molar-refractivity contribution < 1.29 is 19.8 Å². The minimum Gasteiger partial charge on any atom is -0.368 e. The Kier molecular flexibility index (Phi) is 2.77. The molecule has 1 heterocycles. The molecule has 3 amide bonds. The number of carbonyl (C=O) groups excluding carboxylic acids is 2. The monoisotopic (exact) mass is 202 g/mol. The van der Waals surface area contributed by atoms with Crippen LogP contribution in [-0.2, 0) is 4.79 Å². The molecule has 1 aliphatic heterocycles. The molecule has 0 aromatic carbocycles. The summed E-state index contributed by atoms with van der Waals surface area (Å²) in [6.07, 6.45) is -1.43. The van der Waals surface area contributed by atoms with E-state index in [4.69, 9.17) is 10.2 Å². The summed E-state index contributed by atoms with van der Waals surface area (Å²) in [6.45, 7) is 3.36. The van der Waals surface area contributed by atoms with Crippen LogP contribution in [0.1, 0.15) is 20.3 Å². The van der Waals surface area contributed by atoms with Gasteiger partial charge < -0.3 is 15.1 Å². The molecule has 1 rings (SSSR count). The maximum absolute atomic E-state index is 11.3. The molecule has 0 radical (unpaired) electrons. The zero-order valence-electron chi connectivity index (χ0n) is 8.15. The Hall–Kier alpha value is -1.14. The molecule has 6 nitrogen and oxygen atoms in total. The first-order valence-electron chi connectivity index (χ1n) is 4.35. The van der Waals surface area contributed by atoms with E-state index >= 15 is 0 Å². The molecule has 0 aromatic heterocycles. The van der Waals surface area contributed by atoms with E-state index in [1.807, 2.05) is 0 Å². The van der Waals surface area contributed by atoms with Gasteiger partial charge in [0.2, 0.25) is 0 Å².